The van der Waals surface area contributed by atoms with Gasteiger partial charge < -0.3 is 10.6 Å². The minimum absolute atomic E-state index is 0.0204. The van der Waals surface area contributed by atoms with Crippen LogP contribution in [0.4, 0.5) is 11.4 Å². The number of benzene rings is 2. The first-order valence-corrected chi connectivity index (χ1v) is 7.63. The number of amides is 1. The maximum Gasteiger partial charge on any atom is 0.243 e. The predicted molar refractivity (Wildman–Crippen MR) is 93.7 cm³/mol. The molecule has 0 aliphatic rings. The molecule has 2 aromatic rings. The highest BCUT2D eigenvalue weighted by atomic mass is 35.5. The van der Waals surface area contributed by atoms with Gasteiger partial charge in [-0.1, -0.05) is 50.6 Å². The first-order valence-electron chi connectivity index (χ1n) is 7.25. The molecule has 0 saturated carbocycles. The summed E-state index contributed by atoms with van der Waals surface area (Å²) in [6.45, 7) is 6.60. The molecule has 116 valence electrons. The van der Waals surface area contributed by atoms with Crippen LogP contribution in [0.15, 0.2) is 48.5 Å². The second-order valence-corrected chi connectivity index (χ2v) is 6.64. The van der Waals surface area contributed by atoms with E-state index in [2.05, 4.69) is 31.4 Å². The summed E-state index contributed by atoms with van der Waals surface area (Å²) in [4.78, 5) is 12.1. The normalized spacial score (nSPS) is 11.1. The van der Waals surface area contributed by atoms with Crippen LogP contribution in [0, 0.1) is 0 Å². The second-order valence-electron chi connectivity index (χ2n) is 6.20. The zero-order chi connectivity index (χ0) is 16.2. The summed E-state index contributed by atoms with van der Waals surface area (Å²) in [6.07, 6.45) is 0. The number of nitrogens with one attached hydrogen (secondary N) is 2. The van der Waals surface area contributed by atoms with Crippen molar-refractivity contribution in [2.24, 2.45) is 0 Å². The Kier molecular flexibility index (Phi) is 5.09. The van der Waals surface area contributed by atoms with Crippen molar-refractivity contribution in [3.8, 4) is 0 Å². The molecule has 0 heterocycles. The highest BCUT2D eigenvalue weighted by Gasteiger charge is 2.18. The molecule has 2 N–H and O–H groups in total. The summed E-state index contributed by atoms with van der Waals surface area (Å²) in [5, 5.41) is 6.73. The van der Waals surface area contributed by atoms with E-state index in [1.54, 1.807) is 12.1 Å². The molecule has 22 heavy (non-hydrogen) atoms. The van der Waals surface area contributed by atoms with Crippen molar-refractivity contribution in [1.82, 2.24) is 0 Å². The Morgan fingerprint density at radius 1 is 1.05 bits per heavy atom. The van der Waals surface area contributed by atoms with Gasteiger partial charge >= 0.3 is 0 Å². The summed E-state index contributed by atoms with van der Waals surface area (Å²) in [7, 11) is 0. The molecule has 0 aliphatic carbocycles. The topological polar surface area (TPSA) is 41.1 Å². The van der Waals surface area contributed by atoms with Crippen LogP contribution >= 0.6 is 11.6 Å². The lowest BCUT2D eigenvalue weighted by atomic mass is 9.86. The number of carbonyl (C=O) groups excluding carboxylic acids is 1. The van der Waals surface area contributed by atoms with Crippen LogP contribution in [0.2, 0.25) is 5.02 Å². The first kappa shape index (κ1) is 16.4. The van der Waals surface area contributed by atoms with Gasteiger partial charge in [-0.3, -0.25) is 4.79 Å². The molecule has 0 bridgehead atoms. The van der Waals surface area contributed by atoms with E-state index in [1.807, 2.05) is 36.4 Å². The second kappa shape index (κ2) is 6.84. The number of carbonyl (C=O) groups is 1. The number of para-hydroxylation sites is 1. The maximum absolute atomic E-state index is 12.1. The van der Waals surface area contributed by atoms with Gasteiger partial charge in [0.2, 0.25) is 5.91 Å². The average molecular weight is 317 g/mol. The molecule has 0 aliphatic heterocycles. The fourth-order valence-electron chi connectivity index (χ4n) is 2.19. The third kappa shape index (κ3) is 4.50. The molecule has 0 atom stereocenters. The van der Waals surface area contributed by atoms with Gasteiger partial charge in [-0.25, -0.2) is 0 Å². The number of hydrogen-bond acceptors (Lipinski definition) is 2. The van der Waals surface area contributed by atoms with Crippen molar-refractivity contribution >= 4 is 28.9 Å². The molecular formula is C18H21ClN2O. The molecule has 2 rings (SSSR count). The van der Waals surface area contributed by atoms with Gasteiger partial charge in [-0.15, -0.1) is 0 Å². The quantitative estimate of drug-likeness (QED) is 0.859. The van der Waals surface area contributed by atoms with Crippen molar-refractivity contribution < 1.29 is 4.79 Å². The van der Waals surface area contributed by atoms with Crippen LogP contribution in [0.25, 0.3) is 0 Å². The standard InChI is InChI=1S/C18H21ClN2O/c1-18(2,3)15-6-4-5-7-16(15)21-17(22)12-20-14-10-8-13(19)9-11-14/h4-11,20H,12H2,1-3H3,(H,21,22). The van der Waals surface area contributed by atoms with Gasteiger partial charge in [0.05, 0.1) is 6.54 Å². The van der Waals surface area contributed by atoms with Crippen LogP contribution in [0.1, 0.15) is 26.3 Å². The van der Waals surface area contributed by atoms with Crippen LogP contribution in [-0.2, 0) is 10.2 Å². The van der Waals surface area contributed by atoms with Crippen LogP contribution in [0.5, 0.6) is 0 Å². The molecule has 0 spiro atoms. The third-order valence-corrected chi connectivity index (χ3v) is 3.56. The Bertz CT molecular complexity index is 645. The molecule has 0 unspecified atom stereocenters. The third-order valence-electron chi connectivity index (χ3n) is 3.31. The molecule has 0 saturated heterocycles. The Labute approximate surface area is 136 Å². The molecule has 2 aromatic carbocycles. The smallest absolute Gasteiger partial charge is 0.243 e. The van der Waals surface area contributed by atoms with Crippen molar-refractivity contribution in [3.05, 3.63) is 59.1 Å². The monoisotopic (exact) mass is 316 g/mol. The highest BCUT2D eigenvalue weighted by molar-refractivity contribution is 6.30. The van der Waals surface area contributed by atoms with Gasteiger partial charge in [0.1, 0.15) is 0 Å². The molecule has 0 radical (unpaired) electrons. The lowest BCUT2D eigenvalue weighted by molar-refractivity contribution is -0.114. The maximum atomic E-state index is 12.1. The average Bonchev–Trinajstić information content (AvgIpc) is 2.46. The van der Waals surface area contributed by atoms with Crippen LogP contribution in [-0.4, -0.2) is 12.5 Å². The Hall–Kier alpha value is -2.00. The van der Waals surface area contributed by atoms with E-state index < -0.39 is 0 Å². The van der Waals surface area contributed by atoms with Gasteiger partial charge in [0.15, 0.2) is 0 Å². The lowest BCUT2D eigenvalue weighted by Gasteiger charge is -2.23. The Morgan fingerprint density at radius 2 is 1.68 bits per heavy atom. The Morgan fingerprint density at radius 3 is 2.32 bits per heavy atom. The van der Waals surface area contributed by atoms with Gasteiger partial charge in [-0.2, -0.15) is 0 Å². The number of anilines is 2. The van der Waals surface area contributed by atoms with Gasteiger partial charge in [0, 0.05) is 16.4 Å². The zero-order valence-corrected chi connectivity index (χ0v) is 13.9. The summed E-state index contributed by atoms with van der Waals surface area (Å²) in [6, 6.07) is 15.2. The van der Waals surface area contributed by atoms with Crippen molar-refractivity contribution in [2.45, 2.75) is 26.2 Å². The zero-order valence-electron chi connectivity index (χ0n) is 13.1. The number of rotatable bonds is 4. The fourth-order valence-corrected chi connectivity index (χ4v) is 2.32. The summed E-state index contributed by atoms with van der Waals surface area (Å²) < 4.78 is 0. The molecule has 4 heteroatoms. The van der Waals surface area contributed by atoms with Crippen molar-refractivity contribution in [2.75, 3.05) is 17.2 Å². The lowest BCUT2D eigenvalue weighted by Crippen LogP contribution is -2.24. The van der Waals surface area contributed by atoms with Crippen LogP contribution < -0.4 is 10.6 Å². The molecule has 3 nitrogen and oxygen atoms in total. The van der Waals surface area contributed by atoms with Crippen molar-refractivity contribution in [3.63, 3.8) is 0 Å². The van der Waals surface area contributed by atoms with Gasteiger partial charge in [0.25, 0.3) is 0 Å². The van der Waals surface area contributed by atoms with E-state index >= 15 is 0 Å². The minimum atomic E-state index is -0.0772. The molecule has 1 amide bonds. The van der Waals surface area contributed by atoms with E-state index in [0.717, 1.165) is 16.9 Å². The molecule has 0 fully saturated rings. The fraction of sp³-hybridized carbons (Fsp3) is 0.278. The van der Waals surface area contributed by atoms with Crippen molar-refractivity contribution in [1.29, 1.82) is 0 Å². The SMILES string of the molecule is CC(C)(C)c1ccccc1NC(=O)CNc1ccc(Cl)cc1. The highest BCUT2D eigenvalue weighted by Crippen LogP contribution is 2.29. The van der Waals surface area contributed by atoms with E-state index in [-0.39, 0.29) is 17.9 Å². The summed E-state index contributed by atoms with van der Waals surface area (Å²) in [5.41, 5.74) is 2.82. The number of halogens is 1. The first-order chi connectivity index (χ1) is 10.4. The van der Waals surface area contributed by atoms with E-state index in [4.69, 9.17) is 11.6 Å². The predicted octanol–water partition coefficient (Wildman–Crippen LogP) is 4.69. The summed E-state index contributed by atoms with van der Waals surface area (Å²) >= 11 is 5.83. The van der Waals surface area contributed by atoms with E-state index in [1.165, 1.54) is 0 Å². The number of hydrogen-bond donors (Lipinski definition) is 2. The van der Waals surface area contributed by atoms with Crippen LogP contribution in [0.3, 0.4) is 0 Å². The largest absolute Gasteiger partial charge is 0.376 e. The Balaban J connectivity index is 1.99. The van der Waals surface area contributed by atoms with E-state index in [0.29, 0.717) is 5.02 Å². The molecule has 0 aromatic heterocycles. The molecular weight excluding hydrogens is 296 g/mol. The summed E-state index contributed by atoms with van der Waals surface area (Å²) in [5.74, 6) is -0.0772. The van der Waals surface area contributed by atoms with Gasteiger partial charge in [-0.05, 0) is 41.3 Å². The minimum Gasteiger partial charge on any atom is -0.376 e. The van der Waals surface area contributed by atoms with E-state index in [9.17, 15) is 4.79 Å².